The Bertz CT molecular complexity index is 960. The van der Waals surface area contributed by atoms with Crippen LogP contribution in [0.4, 0.5) is 11.5 Å². The Kier molecular flexibility index (Phi) is 5.40. The van der Waals surface area contributed by atoms with E-state index in [1.165, 1.54) is 6.07 Å². The third-order valence-corrected chi connectivity index (χ3v) is 4.94. The summed E-state index contributed by atoms with van der Waals surface area (Å²) < 4.78 is 31.3. The van der Waals surface area contributed by atoms with E-state index in [1.54, 1.807) is 19.1 Å². The average Bonchev–Trinajstić information content (AvgIpc) is 3.03. The first-order valence-corrected chi connectivity index (χ1v) is 9.37. The van der Waals surface area contributed by atoms with Gasteiger partial charge in [0, 0.05) is 6.42 Å². The van der Waals surface area contributed by atoms with Crippen molar-refractivity contribution in [2.45, 2.75) is 13.3 Å². The molecule has 0 radical (unpaired) electrons. The van der Waals surface area contributed by atoms with Gasteiger partial charge in [-0.3, -0.25) is 4.55 Å². The van der Waals surface area contributed by atoms with E-state index in [4.69, 9.17) is 0 Å². The first-order valence-electron chi connectivity index (χ1n) is 7.57. The molecule has 0 aliphatic heterocycles. The summed E-state index contributed by atoms with van der Waals surface area (Å²) in [7, 11) is 0. The van der Waals surface area contributed by atoms with Gasteiger partial charge in [0.1, 0.15) is 5.69 Å². The van der Waals surface area contributed by atoms with E-state index < -0.39 is 17.2 Å². The van der Waals surface area contributed by atoms with Crippen molar-refractivity contribution in [3.8, 4) is 0 Å². The fourth-order valence-corrected chi connectivity index (χ4v) is 3.73. The van der Waals surface area contributed by atoms with E-state index in [9.17, 15) is 18.7 Å². The van der Waals surface area contributed by atoms with Gasteiger partial charge in [-0.25, -0.2) is 13.3 Å². The first kappa shape index (κ1) is 18.2. The highest BCUT2D eigenvalue weighted by molar-refractivity contribution is 7.81. The minimum atomic E-state index is -2.51. The van der Waals surface area contributed by atoms with Gasteiger partial charge in [0.15, 0.2) is 5.82 Å². The summed E-state index contributed by atoms with van der Waals surface area (Å²) >= 11 is -1.60. The minimum absolute atomic E-state index is 0.0864. The smallest absolute Gasteiger partial charge is 0.337 e. The molecular weight excluding hydrogens is 374 g/mol. The molecular formula is C17H15N3O4S2. The number of aryl methyl sites for hydroxylation is 1. The van der Waals surface area contributed by atoms with Gasteiger partial charge in [-0.05, 0) is 30.2 Å². The van der Waals surface area contributed by atoms with Crippen LogP contribution in [0, 0.1) is 6.92 Å². The highest BCUT2D eigenvalue weighted by Gasteiger charge is 2.27. The monoisotopic (exact) mass is 389 g/mol. The number of hydrogen-bond donors (Lipinski definition) is 2. The van der Waals surface area contributed by atoms with E-state index >= 15 is 0 Å². The average molecular weight is 389 g/mol. The molecule has 26 heavy (non-hydrogen) atoms. The van der Waals surface area contributed by atoms with Crippen LogP contribution >= 0.6 is 11.7 Å². The molecule has 0 fully saturated rings. The lowest BCUT2D eigenvalue weighted by molar-refractivity contribution is 0.0698. The topological polar surface area (TPSA) is 104 Å². The molecule has 1 heterocycles. The fourth-order valence-electron chi connectivity index (χ4n) is 2.52. The van der Waals surface area contributed by atoms with Crippen LogP contribution in [0.5, 0.6) is 0 Å². The van der Waals surface area contributed by atoms with E-state index in [1.807, 2.05) is 30.3 Å². The van der Waals surface area contributed by atoms with Crippen molar-refractivity contribution in [1.82, 2.24) is 8.75 Å². The van der Waals surface area contributed by atoms with E-state index in [0.717, 1.165) is 27.2 Å². The Morgan fingerprint density at radius 3 is 2.58 bits per heavy atom. The van der Waals surface area contributed by atoms with Crippen LogP contribution in [0.3, 0.4) is 0 Å². The molecule has 1 unspecified atom stereocenters. The van der Waals surface area contributed by atoms with Gasteiger partial charge < -0.3 is 5.11 Å². The zero-order valence-electron chi connectivity index (χ0n) is 13.7. The standard InChI is InChI=1S/C17H15N3O4S2/c1-11-7-8-13(17(21)22)15(9-11)20(26(23)24)16-14(18-25-19-16)10-12-5-3-2-4-6-12/h2-9H,10H2,1H3,(H,21,22)(H,23,24). The highest BCUT2D eigenvalue weighted by Crippen LogP contribution is 2.33. The second-order valence-electron chi connectivity index (χ2n) is 5.55. The van der Waals surface area contributed by atoms with E-state index in [0.29, 0.717) is 12.1 Å². The molecule has 2 aromatic carbocycles. The van der Waals surface area contributed by atoms with Gasteiger partial charge in [-0.2, -0.15) is 8.75 Å². The van der Waals surface area contributed by atoms with Crippen molar-refractivity contribution < 1.29 is 18.7 Å². The number of benzene rings is 2. The summed E-state index contributed by atoms with van der Waals surface area (Å²) in [6, 6.07) is 14.1. The van der Waals surface area contributed by atoms with Crippen molar-refractivity contribution in [2.24, 2.45) is 0 Å². The van der Waals surface area contributed by atoms with Crippen LogP contribution < -0.4 is 4.31 Å². The van der Waals surface area contributed by atoms with Crippen LogP contribution in [0.15, 0.2) is 48.5 Å². The van der Waals surface area contributed by atoms with Gasteiger partial charge in [-0.1, -0.05) is 36.4 Å². The van der Waals surface area contributed by atoms with Gasteiger partial charge in [0.05, 0.1) is 23.0 Å². The maximum atomic E-state index is 12.1. The molecule has 1 aromatic heterocycles. The molecule has 0 aliphatic carbocycles. The molecule has 134 valence electrons. The number of hydrogen-bond acceptors (Lipinski definition) is 5. The largest absolute Gasteiger partial charge is 0.478 e. The number of carbonyl (C=O) groups is 1. The number of aromatic carboxylic acids is 1. The maximum absolute atomic E-state index is 12.1. The second-order valence-corrected chi connectivity index (χ2v) is 6.90. The minimum Gasteiger partial charge on any atom is -0.478 e. The van der Waals surface area contributed by atoms with Crippen LogP contribution in [0.2, 0.25) is 0 Å². The normalized spacial score (nSPS) is 11.9. The number of anilines is 2. The summed E-state index contributed by atoms with van der Waals surface area (Å²) in [5.74, 6) is -1.02. The third-order valence-electron chi connectivity index (χ3n) is 3.70. The van der Waals surface area contributed by atoms with Gasteiger partial charge >= 0.3 is 5.97 Å². The number of rotatable bonds is 6. The summed E-state index contributed by atoms with van der Waals surface area (Å²) in [6.07, 6.45) is 0.411. The predicted molar refractivity (Wildman–Crippen MR) is 100 cm³/mol. The van der Waals surface area contributed by atoms with Crippen LogP contribution in [-0.2, 0) is 17.7 Å². The second kappa shape index (κ2) is 7.73. The Balaban J connectivity index is 2.09. The Morgan fingerprint density at radius 1 is 1.19 bits per heavy atom. The Morgan fingerprint density at radius 2 is 1.92 bits per heavy atom. The van der Waals surface area contributed by atoms with E-state index in [2.05, 4.69) is 8.75 Å². The van der Waals surface area contributed by atoms with Gasteiger partial charge in [0.2, 0.25) is 0 Å². The Hall–Kier alpha value is -2.62. The number of carboxylic acid groups (broad SMARTS) is 1. The zero-order chi connectivity index (χ0) is 18.7. The van der Waals surface area contributed by atoms with Crippen molar-refractivity contribution in [3.63, 3.8) is 0 Å². The summed E-state index contributed by atoms with van der Waals surface area (Å²) in [6.45, 7) is 1.78. The molecule has 0 aliphatic rings. The van der Waals surface area contributed by atoms with Crippen LogP contribution in [0.25, 0.3) is 0 Å². The highest BCUT2D eigenvalue weighted by atomic mass is 32.2. The lowest BCUT2D eigenvalue weighted by Crippen LogP contribution is -2.23. The van der Waals surface area contributed by atoms with Crippen molar-refractivity contribution in [3.05, 3.63) is 70.9 Å². The van der Waals surface area contributed by atoms with Crippen LogP contribution in [0.1, 0.15) is 27.2 Å². The van der Waals surface area contributed by atoms with Crippen molar-refractivity contribution >= 4 is 40.5 Å². The molecule has 3 aromatic rings. The molecule has 0 amide bonds. The summed E-state index contributed by atoms with van der Waals surface area (Å²) in [5.41, 5.74) is 2.24. The maximum Gasteiger partial charge on any atom is 0.337 e. The number of carboxylic acids is 1. The van der Waals surface area contributed by atoms with Crippen LogP contribution in [-0.4, -0.2) is 28.6 Å². The molecule has 0 spiro atoms. The molecule has 7 nitrogen and oxygen atoms in total. The van der Waals surface area contributed by atoms with Crippen molar-refractivity contribution in [1.29, 1.82) is 0 Å². The molecule has 1 atom stereocenters. The van der Waals surface area contributed by atoms with Gasteiger partial charge in [0.25, 0.3) is 11.3 Å². The lowest BCUT2D eigenvalue weighted by Gasteiger charge is -2.20. The third kappa shape index (κ3) is 3.79. The lowest BCUT2D eigenvalue weighted by atomic mass is 10.1. The predicted octanol–water partition coefficient (Wildman–Crippen LogP) is 3.41. The summed E-state index contributed by atoms with van der Waals surface area (Å²) in [5, 5.41) is 9.45. The Labute approximate surface area is 156 Å². The number of aromatic nitrogens is 2. The SMILES string of the molecule is Cc1ccc(C(=O)O)c(N(c2nsnc2Cc2ccccc2)S(=O)O)c1. The quantitative estimate of drug-likeness (QED) is 0.626. The molecule has 3 rings (SSSR count). The fraction of sp³-hybridized carbons (Fsp3) is 0.118. The summed E-state index contributed by atoms with van der Waals surface area (Å²) in [4.78, 5) is 11.6. The van der Waals surface area contributed by atoms with E-state index in [-0.39, 0.29) is 17.1 Å². The molecule has 2 N–H and O–H groups in total. The molecule has 9 heteroatoms. The first-order chi connectivity index (χ1) is 12.5. The number of nitrogens with zero attached hydrogens (tertiary/aromatic N) is 3. The molecule has 0 saturated carbocycles. The zero-order valence-corrected chi connectivity index (χ0v) is 15.3. The van der Waals surface area contributed by atoms with Crippen molar-refractivity contribution in [2.75, 3.05) is 4.31 Å². The molecule has 0 saturated heterocycles. The molecule has 0 bridgehead atoms. The van der Waals surface area contributed by atoms with Gasteiger partial charge in [-0.15, -0.1) is 0 Å².